The summed E-state index contributed by atoms with van der Waals surface area (Å²) < 4.78 is 6.73. The molecule has 0 aliphatic carbocycles. The Kier molecular flexibility index (Phi) is 2.49. The summed E-state index contributed by atoms with van der Waals surface area (Å²) in [6, 6.07) is 5.37. The van der Waals surface area contributed by atoms with E-state index in [1.54, 1.807) is 6.07 Å². The molecule has 0 aliphatic heterocycles. The Morgan fingerprint density at radius 3 is 2.71 bits per heavy atom. The topological polar surface area (TPSA) is 30.2 Å². The maximum Gasteiger partial charge on any atom is 0.235 e. The largest absolute Gasteiger partial charge is 0.456 e. The van der Waals surface area contributed by atoms with E-state index in [2.05, 4.69) is 31.9 Å². The van der Waals surface area contributed by atoms with Gasteiger partial charge in [-0.1, -0.05) is 6.07 Å². The average molecular weight is 318 g/mol. The van der Waals surface area contributed by atoms with Gasteiger partial charge in [0.05, 0.1) is 8.95 Å². The molecule has 2 rings (SSSR count). The fourth-order valence-electron chi connectivity index (χ4n) is 1.27. The summed E-state index contributed by atoms with van der Waals surface area (Å²) in [5, 5.41) is 0.804. The van der Waals surface area contributed by atoms with Gasteiger partial charge in [0.2, 0.25) is 5.43 Å². The SMILES string of the molecule is Cc1oc2c(=O)c(Br)cccc2c1Br. The van der Waals surface area contributed by atoms with Gasteiger partial charge in [0.1, 0.15) is 5.76 Å². The number of rotatable bonds is 0. The summed E-state index contributed by atoms with van der Waals surface area (Å²) >= 11 is 6.57. The lowest BCUT2D eigenvalue weighted by Crippen LogP contribution is -1.95. The summed E-state index contributed by atoms with van der Waals surface area (Å²) in [4.78, 5) is 11.7. The second-order valence-corrected chi connectivity index (χ2v) is 4.57. The van der Waals surface area contributed by atoms with Crippen molar-refractivity contribution in [1.82, 2.24) is 0 Å². The maximum absolute atomic E-state index is 11.7. The van der Waals surface area contributed by atoms with Gasteiger partial charge in [-0.05, 0) is 50.9 Å². The zero-order valence-electron chi connectivity index (χ0n) is 7.30. The van der Waals surface area contributed by atoms with Gasteiger partial charge in [0.25, 0.3) is 0 Å². The summed E-state index contributed by atoms with van der Waals surface area (Å²) in [7, 11) is 0. The highest BCUT2D eigenvalue weighted by molar-refractivity contribution is 9.11. The number of hydrogen-bond donors (Lipinski definition) is 0. The summed E-state index contributed by atoms with van der Waals surface area (Å²) in [6.45, 7) is 1.82. The van der Waals surface area contributed by atoms with Gasteiger partial charge < -0.3 is 4.42 Å². The molecule has 0 saturated carbocycles. The van der Waals surface area contributed by atoms with Crippen molar-refractivity contribution in [2.45, 2.75) is 6.92 Å². The predicted molar refractivity (Wildman–Crippen MR) is 62.6 cm³/mol. The van der Waals surface area contributed by atoms with Crippen LogP contribution in [0.2, 0.25) is 0 Å². The van der Waals surface area contributed by atoms with Crippen molar-refractivity contribution in [1.29, 1.82) is 0 Å². The van der Waals surface area contributed by atoms with E-state index in [9.17, 15) is 4.79 Å². The van der Waals surface area contributed by atoms with Crippen molar-refractivity contribution < 1.29 is 4.42 Å². The van der Waals surface area contributed by atoms with E-state index in [4.69, 9.17) is 4.42 Å². The minimum absolute atomic E-state index is 0.126. The van der Waals surface area contributed by atoms with E-state index in [1.807, 2.05) is 19.1 Å². The molecule has 2 nitrogen and oxygen atoms in total. The standard InChI is InChI=1S/C10H6Br2O2/c1-5-8(12)6-3-2-4-7(11)9(13)10(6)14-5/h2-4H,1H3. The first-order valence-corrected chi connectivity index (χ1v) is 5.57. The molecule has 14 heavy (non-hydrogen) atoms. The highest BCUT2D eigenvalue weighted by atomic mass is 79.9. The third kappa shape index (κ3) is 1.42. The van der Waals surface area contributed by atoms with Crippen LogP contribution < -0.4 is 5.43 Å². The van der Waals surface area contributed by atoms with Crippen molar-refractivity contribution in [2.75, 3.05) is 0 Å². The van der Waals surface area contributed by atoms with Crippen LogP contribution in [-0.2, 0) is 0 Å². The smallest absolute Gasteiger partial charge is 0.235 e. The van der Waals surface area contributed by atoms with Crippen LogP contribution >= 0.6 is 31.9 Å². The monoisotopic (exact) mass is 316 g/mol. The lowest BCUT2D eigenvalue weighted by Gasteiger charge is -1.80. The Labute approximate surface area is 97.2 Å². The normalized spacial score (nSPS) is 10.8. The Balaban J connectivity index is 3.08. The Morgan fingerprint density at radius 1 is 1.29 bits per heavy atom. The molecular formula is C10H6Br2O2. The van der Waals surface area contributed by atoms with Crippen LogP contribution in [-0.4, -0.2) is 0 Å². The zero-order chi connectivity index (χ0) is 10.3. The van der Waals surface area contributed by atoms with Crippen LogP contribution in [0.25, 0.3) is 11.0 Å². The van der Waals surface area contributed by atoms with E-state index in [-0.39, 0.29) is 5.43 Å². The minimum atomic E-state index is -0.126. The molecule has 0 atom stereocenters. The van der Waals surface area contributed by atoms with Crippen LogP contribution in [0.5, 0.6) is 0 Å². The minimum Gasteiger partial charge on any atom is -0.456 e. The van der Waals surface area contributed by atoms with Gasteiger partial charge in [-0.15, -0.1) is 0 Å². The Morgan fingerprint density at radius 2 is 2.00 bits per heavy atom. The van der Waals surface area contributed by atoms with E-state index in [0.29, 0.717) is 10.1 Å². The number of fused-ring (bicyclic) bond motifs is 1. The number of halogens is 2. The predicted octanol–water partition coefficient (Wildman–Crippen LogP) is 3.63. The molecular weight excluding hydrogens is 312 g/mol. The van der Waals surface area contributed by atoms with E-state index in [1.165, 1.54) is 0 Å². The van der Waals surface area contributed by atoms with E-state index >= 15 is 0 Å². The molecule has 0 unspecified atom stereocenters. The highest BCUT2D eigenvalue weighted by Gasteiger charge is 2.10. The summed E-state index contributed by atoms with van der Waals surface area (Å²) in [6.07, 6.45) is 0. The molecule has 2 aromatic rings. The van der Waals surface area contributed by atoms with E-state index < -0.39 is 0 Å². The number of hydrogen-bond acceptors (Lipinski definition) is 2. The second kappa shape index (κ2) is 3.51. The first-order chi connectivity index (χ1) is 6.61. The van der Waals surface area contributed by atoms with Crippen LogP contribution in [0.1, 0.15) is 5.76 Å². The van der Waals surface area contributed by atoms with E-state index in [0.717, 1.165) is 15.6 Å². The molecule has 0 saturated heterocycles. The number of aryl methyl sites for hydroxylation is 1. The number of furan rings is 1. The molecule has 0 bridgehead atoms. The van der Waals surface area contributed by atoms with Crippen LogP contribution in [0, 0.1) is 6.92 Å². The summed E-state index contributed by atoms with van der Waals surface area (Å²) in [5.41, 5.74) is 0.255. The van der Waals surface area contributed by atoms with Crippen molar-refractivity contribution in [3.8, 4) is 0 Å². The Hall–Kier alpha value is -0.610. The van der Waals surface area contributed by atoms with Crippen LogP contribution in [0.4, 0.5) is 0 Å². The van der Waals surface area contributed by atoms with Gasteiger partial charge >= 0.3 is 0 Å². The molecule has 0 aliphatic rings. The van der Waals surface area contributed by atoms with Gasteiger partial charge in [0, 0.05) is 5.39 Å². The van der Waals surface area contributed by atoms with Crippen molar-refractivity contribution in [3.05, 3.63) is 43.1 Å². The highest BCUT2D eigenvalue weighted by Crippen LogP contribution is 2.28. The lowest BCUT2D eigenvalue weighted by atomic mass is 10.3. The molecule has 0 radical (unpaired) electrons. The molecule has 4 heteroatoms. The maximum atomic E-state index is 11.7. The summed E-state index contributed by atoms with van der Waals surface area (Å²) in [5.74, 6) is 0.718. The van der Waals surface area contributed by atoms with Gasteiger partial charge in [-0.2, -0.15) is 0 Å². The molecule has 0 N–H and O–H groups in total. The van der Waals surface area contributed by atoms with Crippen LogP contribution in [0.3, 0.4) is 0 Å². The van der Waals surface area contributed by atoms with Gasteiger partial charge in [-0.3, -0.25) is 4.79 Å². The van der Waals surface area contributed by atoms with Gasteiger partial charge in [0.15, 0.2) is 5.58 Å². The van der Waals surface area contributed by atoms with Crippen molar-refractivity contribution in [3.63, 3.8) is 0 Å². The quantitative estimate of drug-likeness (QED) is 0.742. The fraction of sp³-hybridized carbons (Fsp3) is 0.100. The average Bonchev–Trinajstić information content (AvgIpc) is 2.35. The van der Waals surface area contributed by atoms with Crippen LogP contribution in [0.15, 0.2) is 36.4 Å². The van der Waals surface area contributed by atoms with Crippen molar-refractivity contribution >= 4 is 42.8 Å². The zero-order valence-corrected chi connectivity index (χ0v) is 10.5. The first kappa shape index (κ1) is 9.93. The third-order valence-corrected chi connectivity index (χ3v) is 3.58. The molecule has 1 heterocycles. The second-order valence-electron chi connectivity index (χ2n) is 2.92. The fourth-order valence-corrected chi connectivity index (χ4v) is 2.00. The molecule has 0 amide bonds. The molecule has 0 spiro atoms. The molecule has 1 aromatic heterocycles. The molecule has 72 valence electrons. The molecule has 0 fully saturated rings. The lowest BCUT2D eigenvalue weighted by molar-refractivity contribution is 0.573. The van der Waals surface area contributed by atoms with Gasteiger partial charge in [-0.25, -0.2) is 0 Å². The Bertz CT molecular complexity index is 558. The van der Waals surface area contributed by atoms with Crippen molar-refractivity contribution in [2.24, 2.45) is 0 Å². The first-order valence-electron chi connectivity index (χ1n) is 3.98. The molecule has 1 aromatic carbocycles. The third-order valence-electron chi connectivity index (χ3n) is 1.97.